The highest BCUT2D eigenvalue weighted by molar-refractivity contribution is 5.97. The minimum Gasteiger partial charge on any atom is -0.493 e. The Labute approximate surface area is 156 Å². The maximum atomic E-state index is 12.4. The SMILES string of the molecule is COc1cccc2cc(C(=O)NCc3ccc(-n4ccnc4C)cc3)oc12. The third kappa shape index (κ3) is 3.29. The summed E-state index contributed by atoms with van der Waals surface area (Å²) in [5, 5.41) is 3.72. The van der Waals surface area contributed by atoms with Crippen LogP contribution in [0.4, 0.5) is 0 Å². The van der Waals surface area contributed by atoms with Crippen LogP contribution in [0.5, 0.6) is 5.75 Å². The zero-order valence-corrected chi connectivity index (χ0v) is 15.1. The van der Waals surface area contributed by atoms with Gasteiger partial charge in [-0.1, -0.05) is 24.3 Å². The smallest absolute Gasteiger partial charge is 0.287 e. The Balaban J connectivity index is 1.45. The molecule has 0 fully saturated rings. The number of fused-ring (bicyclic) bond motifs is 1. The summed E-state index contributed by atoms with van der Waals surface area (Å²) in [6.45, 7) is 2.37. The Morgan fingerprint density at radius 3 is 2.74 bits per heavy atom. The van der Waals surface area contributed by atoms with Crippen LogP contribution in [0.3, 0.4) is 0 Å². The van der Waals surface area contributed by atoms with Crippen LogP contribution >= 0.6 is 0 Å². The van der Waals surface area contributed by atoms with Crippen molar-refractivity contribution in [3.05, 3.63) is 78.1 Å². The Hall–Kier alpha value is -3.54. The molecule has 4 aromatic rings. The number of imidazole rings is 1. The number of hydrogen-bond acceptors (Lipinski definition) is 4. The quantitative estimate of drug-likeness (QED) is 0.586. The van der Waals surface area contributed by atoms with E-state index in [0.29, 0.717) is 17.9 Å². The lowest BCUT2D eigenvalue weighted by molar-refractivity contribution is 0.0925. The Morgan fingerprint density at radius 2 is 2.04 bits per heavy atom. The number of benzene rings is 2. The highest BCUT2D eigenvalue weighted by atomic mass is 16.5. The third-order valence-electron chi connectivity index (χ3n) is 4.45. The molecule has 2 aromatic carbocycles. The largest absolute Gasteiger partial charge is 0.493 e. The van der Waals surface area contributed by atoms with Gasteiger partial charge in [0.1, 0.15) is 5.82 Å². The fraction of sp³-hybridized carbons (Fsp3) is 0.143. The topological polar surface area (TPSA) is 69.3 Å². The van der Waals surface area contributed by atoms with E-state index < -0.39 is 0 Å². The number of carbonyl (C=O) groups is 1. The number of para-hydroxylation sites is 1. The molecular formula is C21H19N3O3. The van der Waals surface area contributed by atoms with Crippen LogP contribution in [0, 0.1) is 6.92 Å². The highest BCUT2D eigenvalue weighted by Gasteiger charge is 2.14. The summed E-state index contributed by atoms with van der Waals surface area (Å²) in [7, 11) is 1.58. The number of aryl methyl sites for hydroxylation is 1. The molecule has 4 rings (SSSR count). The lowest BCUT2D eigenvalue weighted by Gasteiger charge is -2.07. The van der Waals surface area contributed by atoms with Gasteiger partial charge in [0.2, 0.25) is 0 Å². The van der Waals surface area contributed by atoms with Crippen molar-refractivity contribution in [2.24, 2.45) is 0 Å². The van der Waals surface area contributed by atoms with Crippen LogP contribution in [-0.2, 0) is 6.54 Å². The van der Waals surface area contributed by atoms with Gasteiger partial charge in [0.05, 0.1) is 7.11 Å². The van der Waals surface area contributed by atoms with Gasteiger partial charge >= 0.3 is 0 Å². The van der Waals surface area contributed by atoms with E-state index in [4.69, 9.17) is 9.15 Å². The molecule has 0 unspecified atom stereocenters. The van der Waals surface area contributed by atoms with Crippen LogP contribution in [0.1, 0.15) is 21.9 Å². The van der Waals surface area contributed by atoms with Gasteiger partial charge in [0.15, 0.2) is 17.1 Å². The molecule has 136 valence electrons. The van der Waals surface area contributed by atoms with E-state index in [1.807, 2.05) is 54.1 Å². The number of rotatable bonds is 5. The van der Waals surface area contributed by atoms with Crippen molar-refractivity contribution >= 4 is 16.9 Å². The van der Waals surface area contributed by atoms with Gasteiger partial charge in [-0.25, -0.2) is 4.98 Å². The predicted molar refractivity (Wildman–Crippen MR) is 102 cm³/mol. The van der Waals surface area contributed by atoms with Crippen LogP contribution < -0.4 is 10.1 Å². The number of methoxy groups -OCH3 is 1. The molecule has 6 heteroatoms. The molecule has 0 saturated heterocycles. The molecule has 1 amide bonds. The molecule has 1 N–H and O–H groups in total. The van der Waals surface area contributed by atoms with Crippen molar-refractivity contribution in [3.63, 3.8) is 0 Å². The second-order valence-corrected chi connectivity index (χ2v) is 6.18. The fourth-order valence-electron chi connectivity index (χ4n) is 3.00. The molecule has 2 aromatic heterocycles. The monoisotopic (exact) mass is 361 g/mol. The van der Waals surface area contributed by atoms with Gasteiger partial charge in [-0.2, -0.15) is 0 Å². The summed E-state index contributed by atoms with van der Waals surface area (Å²) in [4.78, 5) is 16.7. The number of nitrogens with one attached hydrogen (secondary N) is 1. The summed E-state index contributed by atoms with van der Waals surface area (Å²) >= 11 is 0. The van der Waals surface area contributed by atoms with Gasteiger partial charge in [-0.15, -0.1) is 0 Å². The van der Waals surface area contributed by atoms with Gasteiger partial charge in [0.25, 0.3) is 5.91 Å². The maximum Gasteiger partial charge on any atom is 0.287 e. The first kappa shape index (κ1) is 16.9. The third-order valence-corrected chi connectivity index (χ3v) is 4.45. The van der Waals surface area contributed by atoms with Crippen molar-refractivity contribution < 1.29 is 13.9 Å². The Kier molecular flexibility index (Phi) is 4.38. The lowest BCUT2D eigenvalue weighted by Crippen LogP contribution is -2.22. The van der Waals surface area contributed by atoms with E-state index in [-0.39, 0.29) is 11.7 Å². The van der Waals surface area contributed by atoms with Crippen molar-refractivity contribution in [1.29, 1.82) is 0 Å². The van der Waals surface area contributed by atoms with Crippen LogP contribution in [0.25, 0.3) is 16.7 Å². The maximum absolute atomic E-state index is 12.4. The number of amides is 1. The average molecular weight is 361 g/mol. The zero-order valence-electron chi connectivity index (χ0n) is 15.1. The predicted octanol–water partition coefficient (Wildman–Crippen LogP) is 3.87. The van der Waals surface area contributed by atoms with Crippen LogP contribution in [0.2, 0.25) is 0 Å². The number of aromatic nitrogens is 2. The molecular weight excluding hydrogens is 342 g/mol. The highest BCUT2D eigenvalue weighted by Crippen LogP contribution is 2.28. The molecule has 0 bridgehead atoms. The fourth-order valence-corrected chi connectivity index (χ4v) is 3.00. The molecule has 0 atom stereocenters. The number of carbonyl (C=O) groups excluding carboxylic acids is 1. The van der Waals surface area contributed by atoms with E-state index in [1.54, 1.807) is 25.4 Å². The molecule has 0 spiro atoms. The summed E-state index contributed by atoms with van der Waals surface area (Å²) in [6, 6.07) is 15.2. The summed E-state index contributed by atoms with van der Waals surface area (Å²) in [5.41, 5.74) is 2.60. The van der Waals surface area contributed by atoms with Gasteiger partial charge < -0.3 is 19.0 Å². The minimum absolute atomic E-state index is 0.261. The lowest BCUT2D eigenvalue weighted by atomic mass is 10.2. The summed E-state index contributed by atoms with van der Waals surface area (Å²) in [5.74, 6) is 1.54. The molecule has 0 aliphatic rings. The van der Waals surface area contributed by atoms with E-state index in [1.165, 1.54) is 0 Å². The van der Waals surface area contributed by atoms with Crippen molar-refractivity contribution in [3.8, 4) is 11.4 Å². The average Bonchev–Trinajstić information content (AvgIpc) is 3.32. The van der Waals surface area contributed by atoms with Crippen LogP contribution in [0.15, 0.2) is 65.3 Å². The first-order chi connectivity index (χ1) is 13.2. The second kappa shape index (κ2) is 6.99. The summed E-state index contributed by atoms with van der Waals surface area (Å²) in [6.07, 6.45) is 3.69. The van der Waals surface area contributed by atoms with E-state index in [0.717, 1.165) is 22.5 Å². The van der Waals surface area contributed by atoms with E-state index in [9.17, 15) is 4.79 Å². The molecule has 2 heterocycles. The molecule has 0 aliphatic heterocycles. The second-order valence-electron chi connectivity index (χ2n) is 6.18. The van der Waals surface area contributed by atoms with E-state index >= 15 is 0 Å². The zero-order chi connectivity index (χ0) is 18.8. The van der Waals surface area contributed by atoms with Gasteiger partial charge in [-0.3, -0.25) is 4.79 Å². The first-order valence-electron chi connectivity index (χ1n) is 8.60. The molecule has 6 nitrogen and oxygen atoms in total. The normalized spacial score (nSPS) is 10.9. The molecule has 27 heavy (non-hydrogen) atoms. The first-order valence-corrected chi connectivity index (χ1v) is 8.60. The number of furan rings is 1. The summed E-state index contributed by atoms with van der Waals surface area (Å²) < 4.78 is 12.9. The number of ether oxygens (including phenoxy) is 1. The molecule has 0 aliphatic carbocycles. The Bertz CT molecular complexity index is 1090. The number of nitrogens with zero attached hydrogens (tertiary/aromatic N) is 2. The van der Waals surface area contributed by atoms with Gasteiger partial charge in [-0.05, 0) is 36.8 Å². The standard InChI is InChI=1S/C21H19N3O3/c1-14-22-10-11-24(14)17-8-6-15(7-9-17)13-23-21(25)19-12-16-4-3-5-18(26-2)20(16)27-19/h3-12H,13H2,1-2H3,(H,23,25). The molecule has 0 saturated carbocycles. The van der Waals surface area contributed by atoms with E-state index in [2.05, 4.69) is 10.3 Å². The van der Waals surface area contributed by atoms with Crippen molar-refractivity contribution in [2.75, 3.05) is 7.11 Å². The van der Waals surface area contributed by atoms with Crippen LogP contribution in [-0.4, -0.2) is 22.6 Å². The minimum atomic E-state index is -0.261. The van der Waals surface area contributed by atoms with Crippen molar-refractivity contribution in [2.45, 2.75) is 13.5 Å². The van der Waals surface area contributed by atoms with Crippen molar-refractivity contribution in [1.82, 2.24) is 14.9 Å². The van der Waals surface area contributed by atoms with Gasteiger partial charge in [0, 0.05) is 30.0 Å². The number of hydrogen-bond donors (Lipinski definition) is 1. The Morgan fingerprint density at radius 1 is 1.22 bits per heavy atom. The molecule has 0 radical (unpaired) electrons.